The summed E-state index contributed by atoms with van der Waals surface area (Å²) in [6.07, 6.45) is 7.00. The fraction of sp³-hybridized carbons (Fsp3) is 0.667. The third-order valence-electron chi connectivity index (χ3n) is 4.72. The maximum absolute atomic E-state index is 5.96. The minimum Gasteiger partial charge on any atom is -0.313 e. The van der Waals surface area contributed by atoms with Crippen molar-refractivity contribution < 1.29 is 0 Å². The van der Waals surface area contributed by atoms with Crippen molar-refractivity contribution in [1.82, 2.24) is 5.32 Å². The molecule has 0 radical (unpaired) electrons. The van der Waals surface area contributed by atoms with E-state index in [1.54, 1.807) is 0 Å². The van der Waals surface area contributed by atoms with Crippen LogP contribution in [-0.2, 0) is 0 Å². The lowest BCUT2D eigenvalue weighted by Gasteiger charge is -2.37. The normalized spacial score (nSPS) is 24.0. The summed E-state index contributed by atoms with van der Waals surface area (Å²) in [4.78, 5) is 1.33. The fourth-order valence-electron chi connectivity index (χ4n) is 3.59. The van der Waals surface area contributed by atoms with Crippen LogP contribution >= 0.6 is 23.4 Å². The monoisotopic (exact) mass is 325 g/mol. The summed E-state index contributed by atoms with van der Waals surface area (Å²) in [5.74, 6) is 2.92. The zero-order chi connectivity index (χ0) is 15.1. The lowest BCUT2D eigenvalue weighted by atomic mass is 9.74. The van der Waals surface area contributed by atoms with E-state index in [0.29, 0.717) is 6.04 Å². The van der Waals surface area contributed by atoms with Crippen LogP contribution in [0.3, 0.4) is 0 Å². The van der Waals surface area contributed by atoms with E-state index in [2.05, 4.69) is 31.3 Å². The van der Waals surface area contributed by atoms with Gasteiger partial charge in [-0.05, 0) is 49.1 Å². The van der Waals surface area contributed by atoms with Crippen LogP contribution in [0.4, 0.5) is 0 Å². The average Bonchev–Trinajstić information content (AvgIpc) is 2.53. The van der Waals surface area contributed by atoms with Gasteiger partial charge in [-0.2, -0.15) is 0 Å². The highest BCUT2D eigenvalue weighted by molar-refractivity contribution is 7.99. The Labute approximate surface area is 139 Å². The molecule has 0 spiro atoms. The summed E-state index contributed by atoms with van der Waals surface area (Å²) in [7, 11) is 0. The molecule has 21 heavy (non-hydrogen) atoms. The molecular formula is C18H28ClNS. The first-order chi connectivity index (χ1) is 10.2. The summed E-state index contributed by atoms with van der Waals surface area (Å²) in [6.45, 7) is 5.65. The van der Waals surface area contributed by atoms with E-state index in [4.69, 9.17) is 11.6 Å². The number of benzene rings is 1. The summed E-state index contributed by atoms with van der Waals surface area (Å²) >= 11 is 7.92. The first kappa shape index (κ1) is 17.2. The molecule has 3 unspecified atom stereocenters. The van der Waals surface area contributed by atoms with Crippen LogP contribution in [0.25, 0.3) is 0 Å². The predicted octanol–water partition coefficient (Wildman–Crippen LogP) is 5.63. The molecule has 0 saturated heterocycles. The van der Waals surface area contributed by atoms with E-state index in [1.807, 2.05) is 23.9 Å². The Morgan fingerprint density at radius 2 is 1.90 bits per heavy atom. The Balaban J connectivity index is 1.95. The highest BCUT2D eigenvalue weighted by Gasteiger charge is 2.30. The number of hydrogen-bond donors (Lipinski definition) is 1. The quantitative estimate of drug-likeness (QED) is 0.652. The van der Waals surface area contributed by atoms with E-state index in [0.717, 1.165) is 29.2 Å². The van der Waals surface area contributed by atoms with Crippen molar-refractivity contribution in [3.8, 4) is 0 Å². The summed E-state index contributed by atoms with van der Waals surface area (Å²) in [5.41, 5.74) is 0. The lowest BCUT2D eigenvalue weighted by molar-refractivity contribution is 0.186. The molecule has 0 aliphatic heterocycles. The zero-order valence-corrected chi connectivity index (χ0v) is 14.8. The van der Waals surface area contributed by atoms with Crippen LogP contribution < -0.4 is 5.32 Å². The average molecular weight is 326 g/mol. The van der Waals surface area contributed by atoms with Crippen LogP contribution in [0.5, 0.6) is 0 Å². The zero-order valence-electron chi connectivity index (χ0n) is 13.3. The molecule has 0 heterocycles. The van der Waals surface area contributed by atoms with Gasteiger partial charge in [-0.15, -0.1) is 11.8 Å². The predicted molar refractivity (Wildman–Crippen MR) is 95.4 cm³/mol. The first-order valence-electron chi connectivity index (χ1n) is 8.36. The number of hydrogen-bond acceptors (Lipinski definition) is 2. The van der Waals surface area contributed by atoms with Gasteiger partial charge in [-0.25, -0.2) is 0 Å². The van der Waals surface area contributed by atoms with Gasteiger partial charge >= 0.3 is 0 Å². The van der Waals surface area contributed by atoms with Crippen LogP contribution in [-0.4, -0.2) is 18.3 Å². The molecule has 1 saturated carbocycles. The number of halogens is 1. The molecule has 2 rings (SSSR count). The van der Waals surface area contributed by atoms with E-state index < -0.39 is 0 Å². The van der Waals surface area contributed by atoms with Crippen molar-refractivity contribution in [2.24, 2.45) is 11.8 Å². The van der Waals surface area contributed by atoms with Crippen LogP contribution in [0.2, 0.25) is 5.02 Å². The van der Waals surface area contributed by atoms with Gasteiger partial charge in [0.1, 0.15) is 0 Å². The Morgan fingerprint density at radius 3 is 2.57 bits per heavy atom. The summed E-state index contributed by atoms with van der Waals surface area (Å²) in [6, 6.07) is 8.88. The molecule has 0 bridgehead atoms. The molecule has 1 aliphatic carbocycles. The van der Waals surface area contributed by atoms with E-state index in [-0.39, 0.29) is 0 Å². The molecular weight excluding hydrogens is 298 g/mol. The minimum absolute atomic E-state index is 0.640. The third-order valence-corrected chi connectivity index (χ3v) is 6.10. The third kappa shape index (κ3) is 5.19. The molecule has 0 aromatic heterocycles. The number of thioether (sulfide) groups is 1. The van der Waals surface area contributed by atoms with E-state index in [1.165, 1.54) is 37.0 Å². The largest absolute Gasteiger partial charge is 0.313 e. The molecule has 3 heteroatoms. The topological polar surface area (TPSA) is 12.0 Å². The number of nitrogens with one attached hydrogen (secondary N) is 1. The maximum Gasteiger partial charge on any atom is 0.0406 e. The van der Waals surface area contributed by atoms with Gasteiger partial charge in [0.05, 0.1) is 0 Å². The Morgan fingerprint density at radius 1 is 1.19 bits per heavy atom. The smallest absolute Gasteiger partial charge is 0.0406 e. The summed E-state index contributed by atoms with van der Waals surface area (Å²) in [5, 5.41) is 4.57. The van der Waals surface area contributed by atoms with E-state index >= 15 is 0 Å². The van der Waals surface area contributed by atoms with Crippen molar-refractivity contribution in [2.75, 3.05) is 12.3 Å². The van der Waals surface area contributed by atoms with Gasteiger partial charge in [0.25, 0.3) is 0 Å². The highest BCUT2D eigenvalue weighted by Crippen LogP contribution is 2.36. The molecule has 1 aliphatic rings. The molecule has 1 aromatic rings. The van der Waals surface area contributed by atoms with Crippen molar-refractivity contribution in [3.63, 3.8) is 0 Å². The van der Waals surface area contributed by atoms with Gasteiger partial charge in [-0.3, -0.25) is 0 Å². The Kier molecular flexibility index (Phi) is 7.42. The SMILES string of the molecule is CCNC(CSc1ccc(Cl)cc1)C1CCCCC1CC. The van der Waals surface area contributed by atoms with Crippen LogP contribution in [0.1, 0.15) is 46.0 Å². The van der Waals surface area contributed by atoms with Gasteiger partial charge in [0.2, 0.25) is 0 Å². The minimum atomic E-state index is 0.640. The van der Waals surface area contributed by atoms with Crippen LogP contribution in [0, 0.1) is 11.8 Å². The molecule has 118 valence electrons. The second-order valence-corrected chi connectivity index (χ2v) is 7.58. The first-order valence-corrected chi connectivity index (χ1v) is 9.72. The molecule has 0 amide bonds. The van der Waals surface area contributed by atoms with Gasteiger partial charge in [0, 0.05) is 21.7 Å². The fourth-order valence-corrected chi connectivity index (χ4v) is 4.78. The molecule has 3 atom stereocenters. The Hall–Kier alpha value is -0.180. The van der Waals surface area contributed by atoms with Crippen LogP contribution in [0.15, 0.2) is 29.2 Å². The van der Waals surface area contributed by atoms with Crippen molar-refractivity contribution >= 4 is 23.4 Å². The molecule has 1 fully saturated rings. The second-order valence-electron chi connectivity index (χ2n) is 6.05. The van der Waals surface area contributed by atoms with Gasteiger partial charge in [0.15, 0.2) is 0 Å². The Bertz CT molecular complexity index is 406. The highest BCUT2D eigenvalue weighted by atomic mass is 35.5. The maximum atomic E-state index is 5.96. The van der Waals surface area contributed by atoms with Crippen molar-refractivity contribution in [1.29, 1.82) is 0 Å². The standard InChI is InChI=1S/C18H28ClNS/c1-3-14-7-5-6-8-17(14)18(20-4-2)13-21-16-11-9-15(19)10-12-16/h9-12,14,17-18,20H,3-8,13H2,1-2H3. The van der Waals surface area contributed by atoms with Crippen molar-refractivity contribution in [3.05, 3.63) is 29.3 Å². The second kappa shape index (κ2) is 9.07. The molecule has 1 nitrogen and oxygen atoms in total. The van der Waals surface area contributed by atoms with Crippen molar-refractivity contribution in [2.45, 2.75) is 56.9 Å². The number of rotatable bonds is 7. The van der Waals surface area contributed by atoms with Gasteiger partial charge in [-0.1, -0.05) is 51.1 Å². The lowest BCUT2D eigenvalue weighted by Crippen LogP contribution is -2.42. The summed E-state index contributed by atoms with van der Waals surface area (Å²) < 4.78 is 0. The van der Waals surface area contributed by atoms with Gasteiger partial charge < -0.3 is 5.32 Å². The van der Waals surface area contributed by atoms with E-state index in [9.17, 15) is 0 Å². The molecule has 1 N–H and O–H groups in total. The molecule has 1 aromatic carbocycles.